The van der Waals surface area contributed by atoms with Gasteiger partial charge in [0.15, 0.2) is 0 Å². The molecule has 0 aliphatic heterocycles. The highest BCUT2D eigenvalue weighted by molar-refractivity contribution is 6.42. The van der Waals surface area contributed by atoms with Crippen LogP contribution in [0.15, 0.2) is 36.4 Å². The summed E-state index contributed by atoms with van der Waals surface area (Å²) in [4.78, 5) is 32.3. The van der Waals surface area contributed by atoms with Gasteiger partial charge in [0.25, 0.3) is 0 Å². The third-order valence-corrected chi connectivity index (χ3v) is 5.40. The molecular weight excluding hydrogens is 465 g/mol. The lowest BCUT2D eigenvalue weighted by Crippen LogP contribution is -2.22. The molecule has 3 rings (SSSR count). The number of carbonyl (C=O) groups is 3. The fourth-order valence-electron chi connectivity index (χ4n) is 2.83. The van der Waals surface area contributed by atoms with Crippen LogP contribution in [0.1, 0.15) is 40.7 Å². The maximum absolute atomic E-state index is 13.7. The Kier molecular flexibility index (Phi) is 7.33. The zero-order valence-corrected chi connectivity index (χ0v) is 17.1. The zero-order valence-electron chi connectivity index (χ0n) is 15.6. The molecule has 5 nitrogen and oxygen atoms in total. The molecular formula is C20H15Cl2F4NO4. The molecule has 31 heavy (non-hydrogen) atoms. The van der Waals surface area contributed by atoms with Crippen LogP contribution >= 0.6 is 23.2 Å². The first kappa shape index (κ1) is 24.6. The number of primary amides is 1. The molecule has 1 fully saturated rings. The third kappa shape index (κ3) is 6.18. The number of alkyl halides is 3. The van der Waals surface area contributed by atoms with Crippen LogP contribution in [0.2, 0.25) is 10.0 Å². The van der Waals surface area contributed by atoms with Gasteiger partial charge in [0.2, 0.25) is 11.7 Å². The summed E-state index contributed by atoms with van der Waals surface area (Å²) in [6.45, 7) is 0. The fraction of sp³-hybridized carbons (Fsp3) is 0.250. The van der Waals surface area contributed by atoms with Crippen molar-refractivity contribution in [1.29, 1.82) is 0 Å². The van der Waals surface area contributed by atoms with Gasteiger partial charge in [-0.25, -0.2) is 9.18 Å². The van der Waals surface area contributed by atoms with Crippen molar-refractivity contribution in [1.82, 2.24) is 0 Å². The van der Waals surface area contributed by atoms with Gasteiger partial charge in [-0.2, -0.15) is 13.2 Å². The Morgan fingerprint density at radius 3 is 2.10 bits per heavy atom. The molecule has 0 bridgehead atoms. The lowest BCUT2D eigenvalue weighted by molar-refractivity contribution is -0.149. The second-order valence-electron chi connectivity index (χ2n) is 6.87. The van der Waals surface area contributed by atoms with Gasteiger partial charge in [-0.3, -0.25) is 9.59 Å². The number of nitrogens with two attached hydrogens (primary N) is 1. The molecule has 0 unspecified atom stereocenters. The van der Waals surface area contributed by atoms with Crippen molar-refractivity contribution in [2.24, 2.45) is 5.73 Å². The summed E-state index contributed by atoms with van der Waals surface area (Å²) < 4.78 is 51.6. The Labute approximate surface area is 183 Å². The lowest BCUT2D eigenvalue weighted by atomic mass is 9.89. The minimum Gasteiger partial charge on any atom is -0.476 e. The Bertz CT molecular complexity index is 1040. The Morgan fingerprint density at radius 2 is 1.65 bits per heavy atom. The lowest BCUT2D eigenvalue weighted by Gasteiger charge is -2.17. The first-order valence-electron chi connectivity index (χ1n) is 8.65. The highest BCUT2D eigenvalue weighted by Crippen LogP contribution is 2.52. The third-order valence-electron chi connectivity index (χ3n) is 4.66. The number of hydrogen-bond donors (Lipinski definition) is 2. The summed E-state index contributed by atoms with van der Waals surface area (Å²) in [6.07, 6.45) is -4.51. The van der Waals surface area contributed by atoms with Gasteiger partial charge in [-0.15, -0.1) is 0 Å². The van der Waals surface area contributed by atoms with E-state index in [0.717, 1.165) is 0 Å². The second-order valence-corrected chi connectivity index (χ2v) is 7.69. The van der Waals surface area contributed by atoms with Gasteiger partial charge in [-0.1, -0.05) is 23.2 Å². The average molecular weight is 480 g/mol. The van der Waals surface area contributed by atoms with Gasteiger partial charge >= 0.3 is 12.1 Å². The van der Waals surface area contributed by atoms with E-state index in [-0.39, 0.29) is 5.56 Å². The predicted molar refractivity (Wildman–Crippen MR) is 105 cm³/mol. The SMILES string of the molecule is NC(=O)c1ccc(Cl)c(Cl)c1.O=C(O)C(=O)CC1(c2cc(C(F)(F)F)ccc2F)CC1. The average Bonchev–Trinajstić information content (AvgIpc) is 3.44. The topological polar surface area (TPSA) is 97.5 Å². The van der Waals surface area contributed by atoms with Crippen LogP contribution in [-0.4, -0.2) is 22.8 Å². The molecule has 11 heteroatoms. The van der Waals surface area contributed by atoms with E-state index in [1.807, 2.05) is 0 Å². The maximum atomic E-state index is 13.7. The van der Waals surface area contributed by atoms with E-state index in [9.17, 15) is 31.9 Å². The number of hydrogen-bond acceptors (Lipinski definition) is 3. The first-order chi connectivity index (χ1) is 14.3. The van der Waals surface area contributed by atoms with E-state index >= 15 is 0 Å². The number of rotatable bonds is 5. The van der Waals surface area contributed by atoms with Gasteiger partial charge in [-0.05, 0) is 54.8 Å². The van der Waals surface area contributed by atoms with E-state index in [0.29, 0.717) is 46.6 Å². The van der Waals surface area contributed by atoms with Gasteiger partial charge in [0, 0.05) is 17.4 Å². The Hall–Kier alpha value is -2.65. The highest BCUT2D eigenvalue weighted by Gasteiger charge is 2.49. The molecule has 166 valence electrons. The summed E-state index contributed by atoms with van der Waals surface area (Å²) in [5.74, 6) is -4.15. The summed E-state index contributed by atoms with van der Waals surface area (Å²) in [6, 6.07) is 6.47. The largest absolute Gasteiger partial charge is 0.476 e. The van der Waals surface area contributed by atoms with Crippen LogP contribution < -0.4 is 5.73 Å². The van der Waals surface area contributed by atoms with Crippen LogP contribution in [0.4, 0.5) is 17.6 Å². The highest BCUT2D eigenvalue weighted by atomic mass is 35.5. The quantitative estimate of drug-likeness (QED) is 0.465. The van der Waals surface area contributed by atoms with Crippen LogP contribution in [0.5, 0.6) is 0 Å². The van der Waals surface area contributed by atoms with E-state index in [2.05, 4.69) is 0 Å². The van der Waals surface area contributed by atoms with Gasteiger partial charge < -0.3 is 10.8 Å². The molecule has 0 heterocycles. The molecule has 0 saturated heterocycles. The molecule has 1 saturated carbocycles. The van der Waals surface area contributed by atoms with Crippen LogP contribution in [0.25, 0.3) is 0 Å². The number of benzene rings is 2. The normalized spacial score (nSPS) is 14.3. The maximum Gasteiger partial charge on any atom is 0.416 e. The Balaban J connectivity index is 0.000000262. The van der Waals surface area contributed by atoms with E-state index < -0.39 is 47.1 Å². The predicted octanol–water partition coefficient (Wildman–Crippen LogP) is 5.01. The standard InChI is InChI=1S/C13H10F4O3.C7H5Cl2NO/c14-9-2-1-7(13(15,16)17)5-8(9)12(3-4-12)6-10(18)11(19)20;8-5-2-1-4(7(10)11)3-6(5)9/h1-2,5H,3-4,6H2,(H,19,20);1-3H,(H2,10,11). The van der Waals surface area contributed by atoms with Crippen molar-refractivity contribution in [3.63, 3.8) is 0 Å². The summed E-state index contributed by atoms with van der Waals surface area (Å²) in [7, 11) is 0. The van der Waals surface area contributed by atoms with Crippen molar-refractivity contribution in [2.75, 3.05) is 0 Å². The number of ketones is 1. The first-order valence-corrected chi connectivity index (χ1v) is 9.40. The van der Waals surface area contributed by atoms with Crippen molar-refractivity contribution >= 4 is 40.9 Å². The van der Waals surface area contributed by atoms with Gasteiger partial charge in [0.05, 0.1) is 15.6 Å². The van der Waals surface area contributed by atoms with Crippen LogP contribution in [0.3, 0.4) is 0 Å². The number of carboxylic acid groups (broad SMARTS) is 1. The van der Waals surface area contributed by atoms with Crippen molar-refractivity contribution in [3.8, 4) is 0 Å². The smallest absolute Gasteiger partial charge is 0.416 e. The van der Waals surface area contributed by atoms with Crippen LogP contribution in [0, 0.1) is 5.82 Å². The fourth-order valence-corrected chi connectivity index (χ4v) is 3.13. The Morgan fingerprint density at radius 1 is 1.03 bits per heavy atom. The zero-order chi connectivity index (χ0) is 23.6. The van der Waals surface area contributed by atoms with E-state index in [1.165, 1.54) is 18.2 Å². The van der Waals surface area contributed by atoms with Crippen molar-refractivity contribution in [3.05, 3.63) is 69.0 Å². The van der Waals surface area contributed by atoms with E-state index in [1.54, 1.807) is 0 Å². The molecule has 0 aromatic heterocycles. The number of carboxylic acids is 1. The molecule has 1 amide bonds. The van der Waals surface area contributed by atoms with E-state index in [4.69, 9.17) is 34.0 Å². The molecule has 0 atom stereocenters. The number of carbonyl (C=O) groups excluding carboxylic acids is 2. The second kappa shape index (κ2) is 9.23. The minimum atomic E-state index is -4.62. The number of halogens is 6. The minimum absolute atomic E-state index is 0.234. The monoisotopic (exact) mass is 479 g/mol. The van der Waals surface area contributed by atoms with Crippen LogP contribution in [-0.2, 0) is 21.2 Å². The van der Waals surface area contributed by atoms with Crippen molar-refractivity contribution < 1.29 is 37.1 Å². The number of Topliss-reactive ketones (excluding diaryl/α,β-unsaturated/α-hetero) is 1. The number of aliphatic carboxylic acids is 1. The van der Waals surface area contributed by atoms with Gasteiger partial charge in [0.1, 0.15) is 5.82 Å². The summed E-state index contributed by atoms with van der Waals surface area (Å²) in [5.41, 5.74) is 3.00. The molecule has 1 aliphatic carbocycles. The summed E-state index contributed by atoms with van der Waals surface area (Å²) >= 11 is 11.2. The molecule has 1 aliphatic rings. The molecule has 0 radical (unpaired) electrons. The number of amides is 1. The molecule has 2 aromatic carbocycles. The summed E-state index contributed by atoms with van der Waals surface area (Å²) in [5, 5.41) is 9.30. The van der Waals surface area contributed by atoms with Crippen molar-refractivity contribution in [2.45, 2.75) is 30.9 Å². The molecule has 0 spiro atoms. The molecule has 2 aromatic rings. The molecule has 3 N–H and O–H groups in total.